The fraction of sp³-hybridized carbons (Fsp3) is 0.400. The van der Waals surface area contributed by atoms with Crippen LogP contribution < -0.4 is 5.32 Å². The summed E-state index contributed by atoms with van der Waals surface area (Å²) in [7, 11) is 0. The fourth-order valence-electron chi connectivity index (χ4n) is 1.24. The lowest BCUT2D eigenvalue weighted by Crippen LogP contribution is -1.95. The molecule has 2 heterocycles. The summed E-state index contributed by atoms with van der Waals surface area (Å²) in [6, 6.07) is 0. The van der Waals surface area contributed by atoms with Gasteiger partial charge in [-0.3, -0.25) is 4.98 Å². The smallest absolute Gasteiger partial charge is 0.183 e. The number of aryl methyl sites for hydroxylation is 1. The molecule has 0 saturated heterocycles. The predicted octanol–water partition coefficient (Wildman–Crippen LogP) is 3.16. The van der Waals surface area contributed by atoms with Gasteiger partial charge in [0.05, 0.1) is 12.1 Å². The molecule has 0 radical (unpaired) electrons. The number of rotatable bonds is 5. The average Bonchev–Trinajstić information content (AvgIpc) is 2.85. The summed E-state index contributed by atoms with van der Waals surface area (Å²) >= 11 is 3.40. The van der Waals surface area contributed by atoms with E-state index in [0.29, 0.717) is 0 Å². The van der Waals surface area contributed by atoms with Crippen molar-refractivity contribution < 1.29 is 0 Å². The number of thiazole rings is 2. The first-order valence-electron chi connectivity index (χ1n) is 4.94. The standard InChI is InChI=1S/C10H13N3S2/c1-2-3-8-5-12-10(15-8)13-6-9-4-11-7-14-9/h4-5,7H,2-3,6H2,1H3,(H,12,13). The van der Waals surface area contributed by atoms with Crippen LogP contribution in [0.5, 0.6) is 0 Å². The second-order valence-electron chi connectivity index (χ2n) is 3.20. The van der Waals surface area contributed by atoms with Crippen molar-refractivity contribution in [1.82, 2.24) is 9.97 Å². The van der Waals surface area contributed by atoms with Crippen LogP contribution in [0.4, 0.5) is 5.13 Å². The van der Waals surface area contributed by atoms with Gasteiger partial charge in [0.2, 0.25) is 0 Å². The number of aromatic nitrogens is 2. The van der Waals surface area contributed by atoms with Crippen molar-refractivity contribution in [2.75, 3.05) is 5.32 Å². The number of nitrogens with one attached hydrogen (secondary N) is 1. The molecule has 1 N–H and O–H groups in total. The van der Waals surface area contributed by atoms with Crippen LogP contribution in [0, 0.1) is 0 Å². The van der Waals surface area contributed by atoms with E-state index in [9.17, 15) is 0 Å². The molecule has 0 bridgehead atoms. The van der Waals surface area contributed by atoms with Gasteiger partial charge in [-0.25, -0.2) is 4.98 Å². The highest BCUT2D eigenvalue weighted by atomic mass is 32.1. The van der Waals surface area contributed by atoms with E-state index < -0.39 is 0 Å². The first-order chi connectivity index (χ1) is 7.38. The summed E-state index contributed by atoms with van der Waals surface area (Å²) in [6.45, 7) is 3.01. The van der Waals surface area contributed by atoms with Gasteiger partial charge in [-0.05, 0) is 6.42 Å². The molecule has 3 nitrogen and oxygen atoms in total. The second-order valence-corrected chi connectivity index (χ2v) is 5.29. The van der Waals surface area contributed by atoms with Crippen LogP contribution in [0.15, 0.2) is 17.9 Å². The largest absolute Gasteiger partial charge is 0.357 e. The number of nitrogens with zero attached hydrogens (tertiary/aromatic N) is 2. The van der Waals surface area contributed by atoms with Crippen LogP contribution in [0.2, 0.25) is 0 Å². The highest BCUT2D eigenvalue weighted by Gasteiger charge is 2.01. The Morgan fingerprint density at radius 2 is 2.27 bits per heavy atom. The molecule has 0 fully saturated rings. The van der Waals surface area contributed by atoms with E-state index in [0.717, 1.165) is 18.1 Å². The van der Waals surface area contributed by atoms with Crippen LogP contribution in [-0.4, -0.2) is 9.97 Å². The highest BCUT2D eigenvalue weighted by Crippen LogP contribution is 2.20. The molecule has 0 amide bonds. The second kappa shape index (κ2) is 5.23. The van der Waals surface area contributed by atoms with E-state index in [2.05, 4.69) is 22.2 Å². The normalized spacial score (nSPS) is 10.5. The van der Waals surface area contributed by atoms with Crippen molar-refractivity contribution in [1.29, 1.82) is 0 Å². The van der Waals surface area contributed by atoms with Gasteiger partial charge in [-0.1, -0.05) is 13.3 Å². The minimum atomic E-state index is 0.823. The number of hydrogen-bond acceptors (Lipinski definition) is 5. The zero-order valence-corrected chi connectivity index (χ0v) is 10.2. The van der Waals surface area contributed by atoms with E-state index in [-0.39, 0.29) is 0 Å². The summed E-state index contributed by atoms with van der Waals surface area (Å²) in [5.41, 5.74) is 1.85. The zero-order valence-electron chi connectivity index (χ0n) is 8.56. The highest BCUT2D eigenvalue weighted by molar-refractivity contribution is 7.15. The molecule has 2 rings (SSSR count). The molecular formula is C10H13N3S2. The maximum absolute atomic E-state index is 4.33. The van der Waals surface area contributed by atoms with E-state index in [1.807, 2.05) is 17.9 Å². The van der Waals surface area contributed by atoms with E-state index in [4.69, 9.17) is 0 Å². The molecular weight excluding hydrogens is 226 g/mol. The summed E-state index contributed by atoms with van der Waals surface area (Å²) < 4.78 is 0. The lowest BCUT2D eigenvalue weighted by molar-refractivity contribution is 0.936. The Morgan fingerprint density at radius 3 is 3.00 bits per heavy atom. The molecule has 0 aliphatic heterocycles. The maximum atomic E-state index is 4.33. The molecule has 5 heteroatoms. The van der Waals surface area contributed by atoms with Crippen LogP contribution in [0.1, 0.15) is 23.1 Å². The van der Waals surface area contributed by atoms with Crippen molar-refractivity contribution in [2.24, 2.45) is 0 Å². The Balaban J connectivity index is 1.88. The Bertz CT molecular complexity index is 394. The van der Waals surface area contributed by atoms with Gasteiger partial charge in [0.15, 0.2) is 5.13 Å². The molecule has 80 valence electrons. The predicted molar refractivity (Wildman–Crippen MR) is 65.5 cm³/mol. The minimum Gasteiger partial charge on any atom is -0.357 e. The monoisotopic (exact) mass is 239 g/mol. The van der Waals surface area contributed by atoms with Gasteiger partial charge in [0, 0.05) is 22.1 Å². The molecule has 15 heavy (non-hydrogen) atoms. The Labute approximate surface area is 97.2 Å². The summed E-state index contributed by atoms with van der Waals surface area (Å²) in [5, 5.41) is 4.31. The van der Waals surface area contributed by atoms with E-state index >= 15 is 0 Å². The van der Waals surface area contributed by atoms with Gasteiger partial charge < -0.3 is 5.32 Å². The molecule has 0 aliphatic carbocycles. The van der Waals surface area contributed by atoms with Crippen LogP contribution in [0.3, 0.4) is 0 Å². The first kappa shape index (κ1) is 10.6. The van der Waals surface area contributed by atoms with Crippen molar-refractivity contribution in [2.45, 2.75) is 26.3 Å². The Kier molecular flexibility index (Phi) is 3.69. The molecule has 0 spiro atoms. The van der Waals surface area contributed by atoms with Crippen LogP contribution in [-0.2, 0) is 13.0 Å². The molecule has 2 aromatic rings. The topological polar surface area (TPSA) is 37.8 Å². The lowest BCUT2D eigenvalue weighted by atomic mass is 10.3. The van der Waals surface area contributed by atoms with Crippen molar-refractivity contribution in [3.05, 3.63) is 27.7 Å². The SMILES string of the molecule is CCCc1cnc(NCc2cncs2)s1. The third-order valence-electron chi connectivity index (χ3n) is 1.95. The molecule has 0 unspecified atom stereocenters. The van der Waals surface area contributed by atoms with Crippen LogP contribution in [0.25, 0.3) is 0 Å². The molecule has 0 saturated carbocycles. The third-order valence-corrected chi connectivity index (χ3v) is 3.74. The Hall–Kier alpha value is -0.940. The summed E-state index contributed by atoms with van der Waals surface area (Å²) in [5.74, 6) is 0. The molecule has 0 aromatic carbocycles. The Morgan fingerprint density at radius 1 is 1.33 bits per heavy atom. The average molecular weight is 239 g/mol. The van der Waals surface area contributed by atoms with E-state index in [1.54, 1.807) is 22.7 Å². The molecule has 2 aromatic heterocycles. The lowest BCUT2D eigenvalue weighted by Gasteiger charge is -1.97. The molecule has 0 atom stereocenters. The number of anilines is 1. The molecule has 0 aliphatic rings. The summed E-state index contributed by atoms with van der Waals surface area (Å²) in [4.78, 5) is 10.9. The van der Waals surface area contributed by atoms with Crippen molar-refractivity contribution in [3.8, 4) is 0 Å². The minimum absolute atomic E-state index is 0.823. The van der Waals surface area contributed by atoms with Crippen molar-refractivity contribution >= 4 is 27.8 Å². The van der Waals surface area contributed by atoms with Crippen LogP contribution >= 0.6 is 22.7 Å². The van der Waals surface area contributed by atoms with Gasteiger partial charge in [-0.2, -0.15) is 0 Å². The summed E-state index contributed by atoms with van der Waals surface area (Å²) in [6.07, 6.45) is 6.15. The fourth-order valence-corrected chi connectivity index (χ4v) is 2.69. The zero-order chi connectivity index (χ0) is 10.5. The van der Waals surface area contributed by atoms with Gasteiger partial charge >= 0.3 is 0 Å². The van der Waals surface area contributed by atoms with Gasteiger partial charge in [-0.15, -0.1) is 22.7 Å². The number of hydrogen-bond donors (Lipinski definition) is 1. The van der Waals surface area contributed by atoms with Crippen molar-refractivity contribution in [3.63, 3.8) is 0 Å². The van der Waals surface area contributed by atoms with E-state index in [1.165, 1.54) is 16.2 Å². The van der Waals surface area contributed by atoms with Gasteiger partial charge in [0.1, 0.15) is 0 Å². The van der Waals surface area contributed by atoms with Gasteiger partial charge in [0.25, 0.3) is 0 Å². The maximum Gasteiger partial charge on any atom is 0.183 e. The quantitative estimate of drug-likeness (QED) is 0.871. The first-order valence-corrected chi connectivity index (χ1v) is 6.64. The third kappa shape index (κ3) is 3.00.